The molecule has 0 bridgehead atoms. The topological polar surface area (TPSA) is 47.9 Å². The highest BCUT2D eigenvalue weighted by Crippen LogP contribution is 2.33. The minimum absolute atomic E-state index is 0.0108. The lowest BCUT2D eigenvalue weighted by atomic mass is 10.1. The van der Waals surface area contributed by atoms with Crippen molar-refractivity contribution in [2.24, 2.45) is 0 Å². The normalized spacial score (nSPS) is 12.1. The van der Waals surface area contributed by atoms with Crippen molar-refractivity contribution in [1.29, 1.82) is 0 Å². The van der Waals surface area contributed by atoms with Crippen LogP contribution in [0.4, 0.5) is 5.69 Å². The molecule has 0 aliphatic carbocycles. The molecule has 0 unspecified atom stereocenters. The number of quaternary nitrogens is 1. The molecule has 3 rings (SSSR count). The van der Waals surface area contributed by atoms with E-state index in [9.17, 15) is 5.11 Å². The number of likely N-dealkylation sites (N-methyl/N-ethyl adjacent to an activating group) is 1. The third-order valence-electron chi connectivity index (χ3n) is 5.03. The van der Waals surface area contributed by atoms with Gasteiger partial charge in [-0.05, 0) is 37.3 Å². The number of para-hydroxylation sites is 4. The summed E-state index contributed by atoms with van der Waals surface area (Å²) in [4.78, 5) is 0. The van der Waals surface area contributed by atoms with Gasteiger partial charge in [-0.15, -0.1) is 0 Å². The average Bonchev–Trinajstić information content (AvgIpc) is 2.75. The fraction of sp³-hybridized carbons (Fsp3) is 0.217. The molecule has 5 nitrogen and oxygen atoms in total. The first-order chi connectivity index (χ1) is 14.0. The minimum atomic E-state index is -0.981. The Kier molecular flexibility index (Phi) is 6.80. The third-order valence-corrected chi connectivity index (χ3v) is 5.03. The summed E-state index contributed by atoms with van der Waals surface area (Å²) in [6.07, 6.45) is 0. The summed E-state index contributed by atoms with van der Waals surface area (Å²) < 4.78 is 18.6. The number of aliphatic hydroxyl groups is 1. The highest BCUT2D eigenvalue weighted by molar-refractivity contribution is 6.39. The molecular formula is C23H27BNO4+. The predicted molar refractivity (Wildman–Crippen MR) is 117 cm³/mol. The molecule has 1 atom stereocenters. The maximum absolute atomic E-state index is 9.69. The maximum atomic E-state index is 9.69. The van der Waals surface area contributed by atoms with Crippen LogP contribution in [-0.2, 0) is 0 Å². The maximum Gasteiger partial charge on any atom is 0.864 e. The first kappa shape index (κ1) is 20.8. The van der Waals surface area contributed by atoms with Gasteiger partial charge < -0.3 is 19.1 Å². The fourth-order valence-corrected chi connectivity index (χ4v) is 2.87. The van der Waals surface area contributed by atoms with E-state index in [0.29, 0.717) is 21.7 Å². The van der Waals surface area contributed by atoms with Crippen LogP contribution in [0.1, 0.15) is 6.92 Å². The van der Waals surface area contributed by atoms with Crippen LogP contribution >= 0.6 is 0 Å². The standard InChI is InChI=1S/C23H27BNO4/c1-19(18-26)25(2,3)22-16-10-11-17-23(22)29-24(27-20-12-6-4-7-13-20)28-21-14-8-5-9-15-21/h4-17,19,26H,18H2,1-3H3/q+1/t19-/m1/s1. The van der Waals surface area contributed by atoms with Crippen LogP contribution in [-0.4, -0.2) is 39.2 Å². The van der Waals surface area contributed by atoms with Crippen molar-refractivity contribution < 1.29 is 19.1 Å². The molecular weight excluding hydrogens is 365 g/mol. The monoisotopic (exact) mass is 392 g/mol. The van der Waals surface area contributed by atoms with Gasteiger partial charge in [-0.25, -0.2) is 0 Å². The van der Waals surface area contributed by atoms with E-state index in [-0.39, 0.29) is 12.6 Å². The molecule has 29 heavy (non-hydrogen) atoms. The van der Waals surface area contributed by atoms with Gasteiger partial charge in [-0.2, -0.15) is 0 Å². The van der Waals surface area contributed by atoms with Crippen LogP contribution < -0.4 is 18.4 Å². The SMILES string of the molecule is C[C@H](CO)[N+](C)(C)c1ccccc1OB(Oc1ccccc1)Oc1ccccc1. The Bertz CT molecular complexity index is 848. The average molecular weight is 392 g/mol. The van der Waals surface area contributed by atoms with Crippen molar-refractivity contribution in [3.05, 3.63) is 84.9 Å². The first-order valence-corrected chi connectivity index (χ1v) is 9.65. The van der Waals surface area contributed by atoms with Crippen LogP contribution in [0.15, 0.2) is 84.9 Å². The molecule has 0 amide bonds. The van der Waals surface area contributed by atoms with E-state index in [0.717, 1.165) is 5.69 Å². The van der Waals surface area contributed by atoms with Gasteiger partial charge in [0.2, 0.25) is 0 Å². The smallest absolute Gasteiger partial charge is 0.490 e. The number of benzene rings is 3. The van der Waals surface area contributed by atoms with Gasteiger partial charge in [0.05, 0.1) is 20.7 Å². The molecule has 0 aliphatic heterocycles. The Hall–Kier alpha value is -2.96. The van der Waals surface area contributed by atoms with E-state index < -0.39 is 7.32 Å². The molecule has 0 heterocycles. The van der Waals surface area contributed by atoms with Crippen molar-refractivity contribution in [3.8, 4) is 17.2 Å². The molecule has 150 valence electrons. The van der Waals surface area contributed by atoms with Crippen LogP contribution in [0.25, 0.3) is 0 Å². The van der Waals surface area contributed by atoms with Gasteiger partial charge >= 0.3 is 7.32 Å². The number of aliphatic hydroxyl groups excluding tert-OH is 1. The minimum Gasteiger partial charge on any atom is -0.490 e. The van der Waals surface area contributed by atoms with Crippen molar-refractivity contribution in [2.75, 3.05) is 20.7 Å². The molecule has 0 spiro atoms. The van der Waals surface area contributed by atoms with Crippen molar-refractivity contribution >= 4 is 13.0 Å². The van der Waals surface area contributed by atoms with Crippen LogP contribution in [0, 0.1) is 0 Å². The number of hydrogen-bond acceptors (Lipinski definition) is 4. The van der Waals surface area contributed by atoms with Gasteiger partial charge in [0.15, 0.2) is 11.4 Å². The molecule has 0 saturated carbocycles. The van der Waals surface area contributed by atoms with Crippen molar-refractivity contribution in [2.45, 2.75) is 13.0 Å². The van der Waals surface area contributed by atoms with Gasteiger partial charge in [0.1, 0.15) is 17.5 Å². The quantitative estimate of drug-likeness (QED) is 0.439. The van der Waals surface area contributed by atoms with E-state index >= 15 is 0 Å². The summed E-state index contributed by atoms with van der Waals surface area (Å²) in [5, 5.41) is 9.69. The van der Waals surface area contributed by atoms with E-state index in [1.807, 2.05) is 106 Å². The zero-order valence-electron chi connectivity index (χ0n) is 17.1. The molecule has 3 aromatic carbocycles. The lowest BCUT2D eigenvalue weighted by Crippen LogP contribution is -2.50. The Morgan fingerprint density at radius 1 is 0.759 bits per heavy atom. The highest BCUT2D eigenvalue weighted by atomic mass is 16.7. The van der Waals surface area contributed by atoms with Crippen LogP contribution in [0.2, 0.25) is 0 Å². The Balaban J connectivity index is 1.89. The highest BCUT2D eigenvalue weighted by Gasteiger charge is 2.35. The van der Waals surface area contributed by atoms with Gasteiger partial charge in [0.25, 0.3) is 0 Å². The summed E-state index contributed by atoms with van der Waals surface area (Å²) in [6, 6.07) is 26.6. The molecule has 3 aromatic rings. The van der Waals surface area contributed by atoms with Crippen molar-refractivity contribution in [1.82, 2.24) is 4.48 Å². The van der Waals surface area contributed by atoms with Gasteiger partial charge in [-0.3, -0.25) is 4.48 Å². The molecule has 6 heteroatoms. The third kappa shape index (κ3) is 5.31. The summed E-state index contributed by atoms with van der Waals surface area (Å²) in [5.74, 6) is 1.92. The lowest BCUT2D eigenvalue weighted by Gasteiger charge is -2.35. The van der Waals surface area contributed by atoms with Crippen LogP contribution in [0.5, 0.6) is 17.2 Å². The summed E-state index contributed by atoms with van der Waals surface area (Å²) in [5.41, 5.74) is 0.923. The number of nitrogens with zero attached hydrogens (tertiary/aromatic N) is 1. The Morgan fingerprint density at radius 2 is 1.24 bits per heavy atom. The Labute approximate surface area is 172 Å². The molecule has 1 N–H and O–H groups in total. The Morgan fingerprint density at radius 3 is 1.76 bits per heavy atom. The van der Waals surface area contributed by atoms with E-state index in [1.165, 1.54) is 0 Å². The number of hydrogen-bond donors (Lipinski definition) is 1. The van der Waals surface area contributed by atoms with E-state index in [2.05, 4.69) is 0 Å². The second-order valence-electron chi connectivity index (χ2n) is 7.31. The molecule has 0 radical (unpaired) electrons. The zero-order valence-corrected chi connectivity index (χ0v) is 17.1. The second-order valence-corrected chi connectivity index (χ2v) is 7.31. The lowest BCUT2D eigenvalue weighted by molar-refractivity contribution is 0.180. The zero-order chi connectivity index (χ0) is 20.7. The number of rotatable bonds is 9. The summed E-state index contributed by atoms with van der Waals surface area (Å²) in [6.45, 7) is 2.06. The first-order valence-electron chi connectivity index (χ1n) is 9.65. The van der Waals surface area contributed by atoms with Gasteiger partial charge in [0, 0.05) is 6.07 Å². The van der Waals surface area contributed by atoms with E-state index in [1.54, 1.807) is 0 Å². The van der Waals surface area contributed by atoms with E-state index in [4.69, 9.17) is 14.0 Å². The van der Waals surface area contributed by atoms with Crippen LogP contribution in [0.3, 0.4) is 0 Å². The van der Waals surface area contributed by atoms with Gasteiger partial charge in [-0.1, -0.05) is 48.5 Å². The molecule has 0 aliphatic rings. The molecule has 0 saturated heterocycles. The summed E-state index contributed by atoms with van der Waals surface area (Å²) >= 11 is 0. The fourth-order valence-electron chi connectivity index (χ4n) is 2.87. The largest absolute Gasteiger partial charge is 0.864 e. The van der Waals surface area contributed by atoms with Crippen molar-refractivity contribution in [3.63, 3.8) is 0 Å². The molecule has 0 fully saturated rings. The second kappa shape index (κ2) is 9.50. The summed E-state index contributed by atoms with van der Waals surface area (Å²) in [7, 11) is 3.09. The molecule has 0 aromatic heterocycles. The predicted octanol–water partition coefficient (Wildman–Crippen LogP) is 4.16.